The average molecular weight is 435 g/mol. The van der Waals surface area contributed by atoms with Crippen LogP contribution in [0.1, 0.15) is 45.9 Å². The van der Waals surface area contributed by atoms with Crippen molar-refractivity contribution in [2.24, 2.45) is 11.8 Å². The Bertz CT molecular complexity index is 982. The van der Waals surface area contributed by atoms with Crippen LogP contribution in [0.5, 0.6) is 0 Å². The van der Waals surface area contributed by atoms with Crippen LogP contribution in [0.2, 0.25) is 0 Å². The number of aromatic nitrogens is 2. The van der Waals surface area contributed by atoms with Crippen LogP contribution in [-0.4, -0.2) is 54.6 Å². The second-order valence-electron chi connectivity index (χ2n) is 8.69. The molecule has 2 aromatic rings. The summed E-state index contributed by atoms with van der Waals surface area (Å²) >= 11 is 0. The molecule has 0 spiro atoms. The number of sulfonamides is 1. The van der Waals surface area contributed by atoms with Crippen molar-refractivity contribution in [2.45, 2.75) is 64.1 Å². The van der Waals surface area contributed by atoms with E-state index in [1.165, 1.54) is 23.6 Å². The van der Waals surface area contributed by atoms with Crippen LogP contribution in [0.4, 0.5) is 0 Å². The molecular formula is C22H34N4O3S. The summed E-state index contributed by atoms with van der Waals surface area (Å²) in [5.74, 6) is 2.37. The standard InChI is InChI=1S/C22H34N4O3S/c1-4-26-21-9-8-18(30(27,28)25-10-12-29-13-11-25)14-20(21)24-22(26)15-23-19-7-5-6-16(2)17(19)3/h8-9,14,16-17,19,23H,4-7,10-13,15H2,1-3H3. The first-order chi connectivity index (χ1) is 14.4. The molecule has 0 amide bonds. The fraction of sp³-hybridized carbons (Fsp3) is 0.682. The van der Waals surface area contributed by atoms with Crippen molar-refractivity contribution in [3.63, 3.8) is 0 Å². The van der Waals surface area contributed by atoms with E-state index in [1.54, 1.807) is 12.1 Å². The molecule has 2 fully saturated rings. The van der Waals surface area contributed by atoms with Crippen LogP contribution in [0.3, 0.4) is 0 Å². The summed E-state index contributed by atoms with van der Waals surface area (Å²) in [4.78, 5) is 5.14. The maximum absolute atomic E-state index is 13.0. The van der Waals surface area contributed by atoms with Gasteiger partial charge in [-0.05, 0) is 43.4 Å². The molecule has 3 unspecified atom stereocenters. The Morgan fingerprint density at radius 1 is 1.20 bits per heavy atom. The highest BCUT2D eigenvalue weighted by atomic mass is 32.2. The normalized spacial score (nSPS) is 26.3. The average Bonchev–Trinajstić information content (AvgIpc) is 3.12. The summed E-state index contributed by atoms with van der Waals surface area (Å²) in [5.41, 5.74) is 1.73. The van der Waals surface area contributed by atoms with Gasteiger partial charge in [0.25, 0.3) is 0 Å². The Labute approximate surface area is 179 Å². The lowest BCUT2D eigenvalue weighted by molar-refractivity contribution is 0.0730. The zero-order valence-electron chi connectivity index (χ0n) is 18.3. The molecule has 166 valence electrons. The molecule has 1 aliphatic heterocycles. The zero-order valence-corrected chi connectivity index (χ0v) is 19.1. The second-order valence-corrected chi connectivity index (χ2v) is 10.6. The Kier molecular flexibility index (Phi) is 6.48. The Balaban J connectivity index is 1.57. The SMILES string of the molecule is CCn1c(CNC2CCCC(C)C2C)nc2cc(S(=O)(=O)N3CCOCC3)ccc21. The van der Waals surface area contributed by atoms with Crippen molar-refractivity contribution in [3.8, 4) is 0 Å². The third-order valence-electron chi connectivity index (χ3n) is 6.95. The smallest absolute Gasteiger partial charge is 0.243 e. The van der Waals surface area contributed by atoms with E-state index in [9.17, 15) is 8.42 Å². The predicted octanol–water partition coefficient (Wildman–Crippen LogP) is 2.99. The number of fused-ring (bicyclic) bond motifs is 1. The molecule has 4 rings (SSSR count). The van der Waals surface area contributed by atoms with Crippen LogP contribution in [0, 0.1) is 11.8 Å². The van der Waals surface area contributed by atoms with E-state index in [0.29, 0.717) is 49.7 Å². The number of rotatable bonds is 6. The van der Waals surface area contributed by atoms with Crippen LogP contribution in [-0.2, 0) is 27.8 Å². The van der Waals surface area contributed by atoms with Gasteiger partial charge in [0.05, 0.1) is 35.7 Å². The first-order valence-corrected chi connectivity index (χ1v) is 12.7. The lowest BCUT2D eigenvalue weighted by atomic mass is 9.78. The molecule has 0 bridgehead atoms. The molecule has 1 N–H and O–H groups in total. The van der Waals surface area contributed by atoms with Crippen molar-refractivity contribution in [3.05, 3.63) is 24.0 Å². The van der Waals surface area contributed by atoms with E-state index in [-0.39, 0.29) is 0 Å². The molecule has 0 radical (unpaired) electrons. The van der Waals surface area contributed by atoms with E-state index < -0.39 is 10.0 Å². The van der Waals surface area contributed by atoms with E-state index in [2.05, 4.69) is 30.7 Å². The lowest BCUT2D eigenvalue weighted by Crippen LogP contribution is -2.40. The highest BCUT2D eigenvalue weighted by molar-refractivity contribution is 7.89. The van der Waals surface area contributed by atoms with Gasteiger partial charge in [-0.25, -0.2) is 13.4 Å². The molecule has 7 nitrogen and oxygen atoms in total. The molecule has 2 heterocycles. The van der Waals surface area contributed by atoms with Crippen molar-refractivity contribution < 1.29 is 13.2 Å². The van der Waals surface area contributed by atoms with Crippen molar-refractivity contribution in [2.75, 3.05) is 26.3 Å². The van der Waals surface area contributed by atoms with Crippen LogP contribution >= 0.6 is 0 Å². The van der Waals surface area contributed by atoms with E-state index in [0.717, 1.165) is 29.3 Å². The van der Waals surface area contributed by atoms with Crippen molar-refractivity contribution in [1.82, 2.24) is 19.2 Å². The largest absolute Gasteiger partial charge is 0.379 e. The summed E-state index contributed by atoms with van der Waals surface area (Å²) in [6.07, 6.45) is 3.79. The first-order valence-electron chi connectivity index (χ1n) is 11.2. The Hall–Kier alpha value is -1.48. The third kappa shape index (κ3) is 4.15. The lowest BCUT2D eigenvalue weighted by Gasteiger charge is -2.34. The van der Waals surface area contributed by atoms with Gasteiger partial charge >= 0.3 is 0 Å². The van der Waals surface area contributed by atoms with Crippen molar-refractivity contribution >= 4 is 21.1 Å². The molecule has 30 heavy (non-hydrogen) atoms. The van der Waals surface area contributed by atoms with Gasteiger partial charge in [0.2, 0.25) is 10.0 Å². The highest BCUT2D eigenvalue weighted by Crippen LogP contribution is 2.30. The minimum absolute atomic E-state index is 0.312. The molecule has 1 aromatic heterocycles. The monoisotopic (exact) mass is 434 g/mol. The molecule has 1 aliphatic carbocycles. The predicted molar refractivity (Wildman–Crippen MR) is 118 cm³/mol. The minimum atomic E-state index is -3.52. The van der Waals surface area contributed by atoms with Gasteiger partial charge in [-0.3, -0.25) is 0 Å². The number of nitrogens with one attached hydrogen (secondary N) is 1. The van der Waals surface area contributed by atoms with Crippen LogP contribution in [0.15, 0.2) is 23.1 Å². The summed E-state index contributed by atoms with van der Waals surface area (Å²) in [5, 5.41) is 3.73. The second kappa shape index (κ2) is 8.94. The number of benzene rings is 1. The fourth-order valence-corrected chi connectivity index (χ4v) is 6.26. The topological polar surface area (TPSA) is 76.5 Å². The highest BCUT2D eigenvalue weighted by Gasteiger charge is 2.28. The number of nitrogens with zero attached hydrogens (tertiary/aromatic N) is 3. The third-order valence-corrected chi connectivity index (χ3v) is 8.85. The van der Waals surface area contributed by atoms with E-state index in [1.807, 2.05) is 6.07 Å². The van der Waals surface area contributed by atoms with Gasteiger partial charge in [0, 0.05) is 25.7 Å². The zero-order chi connectivity index (χ0) is 21.3. The number of ether oxygens (including phenoxy) is 1. The number of aryl methyl sites for hydroxylation is 1. The number of hydrogen-bond donors (Lipinski definition) is 1. The van der Waals surface area contributed by atoms with Gasteiger partial charge < -0.3 is 14.6 Å². The van der Waals surface area contributed by atoms with Crippen LogP contribution in [0.25, 0.3) is 11.0 Å². The first kappa shape index (κ1) is 21.7. The molecule has 3 atom stereocenters. The van der Waals surface area contributed by atoms with Gasteiger partial charge in [0.1, 0.15) is 5.82 Å². The number of imidazole rings is 1. The molecular weight excluding hydrogens is 400 g/mol. The number of morpholine rings is 1. The number of hydrogen-bond acceptors (Lipinski definition) is 5. The van der Waals surface area contributed by atoms with Gasteiger partial charge in [-0.1, -0.05) is 26.7 Å². The molecule has 2 aliphatic rings. The quantitative estimate of drug-likeness (QED) is 0.756. The van der Waals surface area contributed by atoms with Gasteiger partial charge in [-0.2, -0.15) is 4.31 Å². The maximum atomic E-state index is 13.0. The molecule has 1 saturated heterocycles. The minimum Gasteiger partial charge on any atom is -0.379 e. The summed E-state index contributed by atoms with van der Waals surface area (Å²) in [6, 6.07) is 5.84. The van der Waals surface area contributed by atoms with Crippen molar-refractivity contribution in [1.29, 1.82) is 0 Å². The molecule has 8 heteroatoms. The van der Waals surface area contributed by atoms with E-state index in [4.69, 9.17) is 9.72 Å². The molecule has 1 saturated carbocycles. The summed E-state index contributed by atoms with van der Waals surface area (Å²) in [7, 11) is -3.52. The fourth-order valence-electron chi connectivity index (χ4n) is 4.84. The summed E-state index contributed by atoms with van der Waals surface area (Å²) in [6.45, 7) is 9.99. The molecule has 1 aromatic carbocycles. The Morgan fingerprint density at radius 3 is 2.70 bits per heavy atom. The maximum Gasteiger partial charge on any atom is 0.243 e. The summed E-state index contributed by atoms with van der Waals surface area (Å²) < 4.78 is 35.0. The Morgan fingerprint density at radius 2 is 1.97 bits per heavy atom. The van der Waals surface area contributed by atoms with Crippen LogP contribution < -0.4 is 5.32 Å². The van der Waals surface area contributed by atoms with E-state index >= 15 is 0 Å². The van der Waals surface area contributed by atoms with Gasteiger partial charge in [0.15, 0.2) is 0 Å². The van der Waals surface area contributed by atoms with Gasteiger partial charge in [-0.15, -0.1) is 0 Å².